The molecule has 0 radical (unpaired) electrons. The maximum absolute atomic E-state index is 12.4. The third-order valence-electron chi connectivity index (χ3n) is 3.91. The Hall–Kier alpha value is -2.70. The summed E-state index contributed by atoms with van der Waals surface area (Å²) in [5, 5.41) is 6.84. The van der Waals surface area contributed by atoms with Crippen molar-refractivity contribution in [1.82, 2.24) is 20.4 Å². The third-order valence-corrected chi connectivity index (χ3v) is 3.91. The van der Waals surface area contributed by atoms with Crippen LogP contribution in [-0.2, 0) is 16.0 Å². The summed E-state index contributed by atoms with van der Waals surface area (Å²) in [7, 11) is 0. The third kappa shape index (κ3) is 6.51. The summed E-state index contributed by atoms with van der Waals surface area (Å²) >= 11 is 0. The fourth-order valence-electron chi connectivity index (χ4n) is 2.56. The van der Waals surface area contributed by atoms with Gasteiger partial charge in [-0.15, -0.1) is 0 Å². The first-order chi connectivity index (χ1) is 12.7. The zero-order chi connectivity index (χ0) is 20.0. The maximum atomic E-state index is 12.4. The summed E-state index contributed by atoms with van der Waals surface area (Å²) in [6.45, 7) is 10.1. The van der Waals surface area contributed by atoms with E-state index in [9.17, 15) is 9.59 Å². The molecule has 0 fully saturated rings. The van der Waals surface area contributed by atoms with Gasteiger partial charge in [0.05, 0.1) is 6.54 Å². The molecule has 0 atom stereocenters. The summed E-state index contributed by atoms with van der Waals surface area (Å²) in [6, 6.07) is 7.83. The first-order valence-corrected chi connectivity index (χ1v) is 9.16. The normalized spacial score (nSPS) is 11.3. The minimum absolute atomic E-state index is 0.0467. The van der Waals surface area contributed by atoms with Crippen LogP contribution < -0.4 is 5.32 Å². The molecule has 0 aliphatic heterocycles. The molecule has 0 aliphatic carbocycles. The van der Waals surface area contributed by atoms with E-state index in [0.29, 0.717) is 24.7 Å². The van der Waals surface area contributed by atoms with Crippen LogP contribution in [0, 0.1) is 6.92 Å². The number of nitrogens with zero attached hydrogens (tertiary/aromatic N) is 3. The number of carbonyl (C=O) groups is 2. The van der Waals surface area contributed by atoms with Crippen molar-refractivity contribution in [2.24, 2.45) is 0 Å². The van der Waals surface area contributed by atoms with E-state index in [4.69, 9.17) is 4.52 Å². The Balaban J connectivity index is 1.90. The van der Waals surface area contributed by atoms with Crippen LogP contribution in [0.1, 0.15) is 45.6 Å². The Morgan fingerprint density at radius 3 is 2.44 bits per heavy atom. The highest BCUT2D eigenvalue weighted by Crippen LogP contribution is 2.17. The van der Waals surface area contributed by atoms with Gasteiger partial charge >= 0.3 is 0 Å². The van der Waals surface area contributed by atoms with Crippen molar-refractivity contribution in [3.63, 3.8) is 0 Å². The molecule has 0 unspecified atom stereocenters. The Morgan fingerprint density at radius 2 is 1.85 bits per heavy atom. The minimum atomic E-state index is -0.324. The average Bonchev–Trinajstić information content (AvgIpc) is 3.05. The lowest BCUT2D eigenvalue weighted by atomic mass is 10.1. The number of hydrogen-bond acceptors (Lipinski definition) is 5. The van der Waals surface area contributed by atoms with E-state index in [-0.39, 0.29) is 30.3 Å². The zero-order valence-electron chi connectivity index (χ0n) is 16.7. The topological polar surface area (TPSA) is 88.3 Å². The van der Waals surface area contributed by atoms with Gasteiger partial charge in [0.15, 0.2) is 0 Å². The molecule has 1 N–H and O–H groups in total. The van der Waals surface area contributed by atoms with Crippen LogP contribution >= 0.6 is 0 Å². The number of aromatic nitrogens is 2. The van der Waals surface area contributed by atoms with Gasteiger partial charge in [0.2, 0.25) is 23.5 Å². The van der Waals surface area contributed by atoms with E-state index in [1.165, 1.54) is 4.90 Å². The SMILES string of the molecule is CCN(CC(=O)NC(C)(C)C)C(=O)CCc1nc(-c2ccc(C)cc2)no1. The molecule has 2 amide bonds. The van der Waals surface area contributed by atoms with Crippen molar-refractivity contribution in [1.29, 1.82) is 0 Å². The van der Waals surface area contributed by atoms with E-state index < -0.39 is 0 Å². The monoisotopic (exact) mass is 372 g/mol. The molecule has 0 saturated carbocycles. The molecule has 146 valence electrons. The van der Waals surface area contributed by atoms with Crippen molar-refractivity contribution in [3.8, 4) is 11.4 Å². The number of carbonyl (C=O) groups excluding carboxylic acids is 2. The highest BCUT2D eigenvalue weighted by atomic mass is 16.5. The molecule has 1 heterocycles. The molecule has 1 aromatic heterocycles. The lowest BCUT2D eigenvalue weighted by Crippen LogP contribution is -2.47. The van der Waals surface area contributed by atoms with Crippen molar-refractivity contribution in [2.45, 2.75) is 53.0 Å². The van der Waals surface area contributed by atoms with Crippen LogP contribution in [0.2, 0.25) is 0 Å². The molecule has 2 rings (SSSR count). The number of benzene rings is 1. The van der Waals surface area contributed by atoms with Gasteiger partial charge in [-0.25, -0.2) is 0 Å². The summed E-state index contributed by atoms with van der Waals surface area (Å²) < 4.78 is 5.25. The van der Waals surface area contributed by atoms with E-state index >= 15 is 0 Å². The van der Waals surface area contributed by atoms with Crippen LogP contribution in [0.3, 0.4) is 0 Å². The lowest BCUT2D eigenvalue weighted by Gasteiger charge is -2.25. The van der Waals surface area contributed by atoms with Crippen LogP contribution in [0.25, 0.3) is 11.4 Å². The Bertz CT molecular complexity index is 775. The predicted octanol–water partition coefficient (Wildman–Crippen LogP) is 2.74. The van der Waals surface area contributed by atoms with Gasteiger partial charge in [0, 0.05) is 30.5 Å². The number of rotatable bonds is 7. The molecule has 0 spiro atoms. The van der Waals surface area contributed by atoms with Crippen molar-refractivity contribution in [2.75, 3.05) is 13.1 Å². The maximum Gasteiger partial charge on any atom is 0.240 e. The predicted molar refractivity (Wildman–Crippen MR) is 103 cm³/mol. The van der Waals surface area contributed by atoms with Gasteiger partial charge in [-0.1, -0.05) is 35.0 Å². The number of likely N-dealkylation sites (N-methyl/N-ethyl adjacent to an activating group) is 1. The highest BCUT2D eigenvalue weighted by molar-refractivity contribution is 5.85. The standard InChI is InChI=1S/C20H28N4O3/c1-6-24(13-16(25)22-20(3,4)5)18(26)12-11-17-21-19(23-27-17)15-9-7-14(2)8-10-15/h7-10H,6,11-13H2,1-5H3,(H,22,25). The Labute approximate surface area is 160 Å². The molecule has 7 heteroatoms. The molecular weight excluding hydrogens is 344 g/mol. The van der Waals surface area contributed by atoms with Crippen molar-refractivity contribution < 1.29 is 14.1 Å². The molecule has 7 nitrogen and oxygen atoms in total. The van der Waals surface area contributed by atoms with E-state index in [2.05, 4.69) is 15.5 Å². The first-order valence-electron chi connectivity index (χ1n) is 9.16. The molecule has 0 bridgehead atoms. The summed E-state index contributed by atoms with van der Waals surface area (Å²) in [6.07, 6.45) is 0.557. The summed E-state index contributed by atoms with van der Waals surface area (Å²) in [5.74, 6) is 0.636. The molecule has 2 aromatic rings. The molecule has 27 heavy (non-hydrogen) atoms. The molecule has 0 saturated heterocycles. The Kier molecular flexibility index (Phi) is 6.71. The second-order valence-corrected chi connectivity index (χ2v) is 7.58. The molecule has 1 aromatic carbocycles. The van der Waals surface area contributed by atoms with E-state index in [1.54, 1.807) is 0 Å². The lowest BCUT2D eigenvalue weighted by molar-refractivity contribution is -0.136. The van der Waals surface area contributed by atoms with Crippen molar-refractivity contribution in [3.05, 3.63) is 35.7 Å². The Morgan fingerprint density at radius 1 is 1.19 bits per heavy atom. The summed E-state index contributed by atoms with van der Waals surface area (Å²) in [4.78, 5) is 30.3. The average molecular weight is 372 g/mol. The highest BCUT2D eigenvalue weighted by Gasteiger charge is 2.20. The van der Waals surface area contributed by atoms with Gasteiger partial charge in [-0.3, -0.25) is 9.59 Å². The van der Waals surface area contributed by atoms with E-state index in [0.717, 1.165) is 11.1 Å². The van der Waals surface area contributed by atoms with Gasteiger partial charge in [0.1, 0.15) is 0 Å². The fraction of sp³-hybridized carbons (Fsp3) is 0.500. The number of aryl methyl sites for hydroxylation is 2. The second kappa shape index (κ2) is 8.79. The van der Waals surface area contributed by atoms with Crippen LogP contribution in [-0.4, -0.2) is 45.5 Å². The number of hydrogen-bond donors (Lipinski definition) is 1. The van der Waals surface area contributed by atoms with Crippen LogP contribution in [0.15, 0.2) is 28.8 Å². The van der Waals surface area contributed by atoms with Gasteiger partial charge in [-0.05, 0) is 34.6 Å². The van der Waals surface area contributed by atoms with Gasteiger partial charge in [-0.2, -0.15) is 4.98 Å². The van der Waals surface area contributed by atoms with Gasteiger partial charge in [0.25, 0.3) is 0 Å². The fourth-order valence-corrected chi connectivity index (χ4v) is 2.56. The summed E-state index contributed by atoms with van der Waals surface area (Å²) in [5.41, 5.74) is 1.70. The second-order valence-electron chi connectivity index (χ2n) is 7.58. The smallest absolute Gasteiger partial charge is 0.240 e. The largest absolute Gasteiger partial charge is 0.350 e. The first kappa shape index (κ1) is 20.6. The minimum Gasteiger partial charge on any atom is -0.350 e. The zero-order valence-corrected chi connectivity index (χ0v) is 16.7. The quantitative estimate of drug-likeness (QED) is 0.807. The molecule has 0 aliphatic rings. The molecular formula is C20H28N4O3. The van der Waals surface area contributed by atoms with Gasteiger partial charge < -0.3 is 14.7 Å². The number of nitrogens with one attached hydrogen (secondary N) is 1. The van der Waals surface area contributed by atoms with Crippen molar-refractivity contribution >= 4 is 11.8 Å². The van der Waals surface area contributed by atoms with E-state index in [1.807, 2.05) is 58.9 Å². The number of amides is 2. The van der Waals surface area contributed by atoms with Crippen LogP contribution in [0.5, 0.6) is 0 Å². The van der Waals surface area contributed by atoms with Crippen LogP contribution in [0.4, 0.5) is 0 Å².